The fourth-order valence-electron chi connectivity index (χ4n) is 3.11. The molecular formula is C23H22FN5O5. The molecule has 176 valence electrons. The smallest absolute Gasteiger partial charge is 0.258 e. The predicted molar refractivity (Wildman–Crippen MR) is 120 cm³/mol. The number of aromatic nitrogens is 4. The van der Waals surface area contributed by atoms with Gasteiger partial charge < -0.3 is 24.3 Å². The van der Waals surface area contributed by atoms with E-state index in [-0.39, 0.29) is 31.4 Å². The molecule has 2 aromatic carbocycles. The lowest BCUT2D eigenvalue weighted by Crippen LogP contribution is -2.32. The number of rotatable bonds is 10. The highest BCUT2D eigenvalue weighted by Gasteiger charge is 2.16. The summed E-state index contributed by atoms with van der Waals surface area (Å²) in [6.07, 6.45) is 0. The molecule has 0 spiro atoms. The molecule has 0 unspecified atom stereocenters. The maximum atomic E-state index is 13.1. The highest BCUT2D eigenvalue weighted by Crippen LogP contribution is 2.32. The van der Waals surface area contributed by atoms with Gasteiger partial charge in [0.2, 0.25) is 5.88 Å². The maximum Gasteiger partial charge on any atom is 0.258 e. The number of amides is 1. The molecule has 0 bridgehead atoms. The number of nitrogens with one attached hydrogen (secondary N) is 1. The van der Waals surface area contributed by atoms with Crippen molar-refractivity contribution < 1.29 is 28.1 Å². The second kappa shape index (κ2) is 10.5. The largest absolute Gasteiger partial charge is 0.497 e. The van der Waals surface area contributed by atoms with Crippen molar-refractivity contribution in [3.8, 4) is 34.5 Å². The van der Waals surface area contributed by atoms with Gasteiger partial charge in [-0.15, -0.1) is 15.3 Å². The summed E-state index contributed by atoms with van der Waals surface area (Å²) in [7, 11) is 3.14. The number of methoxy groups -OCH3 is 2. The van der Waals surface area contributed by atoms with Crippen molar-refractivity contribution in [1.82, 2.24) is 25.1 Å². The third-order valence-electron chi connectivity index (χ3n) is 4.73. The van der Waals surface area contributed by atoms with Crippen LogP contribution in [-0.2, 0) is 4.79 Å². The summed E-state index contributed by atoms with van der Waals surface area (Å²) in [6, 6.07) is 14.3. The monoisotopic (exact) mass is 467 g/mol. The number of nitrogens with zero attached hydrogens (tertiary/aromatic N) is 4. The molecule has 0 aliphatic rings. The minimum atomic E-state index is -0.433. The zero-order valence-corrected chi connectivity index (χ0v) is 18.5. The van der Waals surface area contributed by atoms with Crippen LogP contribution < -0.4 is 24.3 Å². The molecule has 0 radical (unpaired) electrons. The summed E-state index contributed by atoms with van der Waals surface area (Å²) < 4.78 is 36.3. The first-order valence-electron chi connectivity index (χ1n) is 10.3. The highest BCUT2D eigenvalue weighted by atomic mass is 19.1. The molecule has 0 aliphatic heterocycles. The maximum absolute atomic E-state index is 13.1. The Morgan fingerprint density at radius 1 is 1.00 bits per heavy atom. The average molecular weight is 467 g/mol. The Bertz CT molecular complexity index is 1300. The van der Waals surface area contributed by atoms with Crippen LogP contribution in [0.2, 0.25) is 0 Å². The number of hydrogen-bond donors (Lipinski definition) is 1. The van der Waals surface area contributed by atoms with E-state index in [1.165, 1.54) is 22.7 Å². The summed E-state index contributed by atoms with van der Waals surface area (Å²) in [5.74, 6) is 1.49. The van der Waals surface area contributed by atoms with Crippen LogP contribution in [0.15, 0.2) is 54.6 Å². The van der Waals surface area contributed by atoms with E-state index < -0.39 is 5.82 Å². The standard InChI is InChI=1S/C23H22FN5O5/c1-31-16-6-7-19(32-2)18(13-16)23-27-26-20-8-9-22(28-29(20)23)33-11-10-25-21(30)14-34-17-5-3-4-15(24)12-17/h3-9,12-13H,10-11,14H2,1-2H3,(H,25,30). The van der Waals surface area contributed by atoms with Gasteiger partial charge in [0.05, 0.1) is 26.3 Å². The Labute approximate surface area is 194 Å². The molecule has 0 aliphatic carbocycles. The molecule has 34 heavy (non-hydrogen) atoms. The number of carbonyl (C=O) groups excluding carboxylic acids is 1. The van der Waals surface area contributed by atoms with E-state index in [9.17, 15) is 9.18 Å². The predicted octanol–water partition coefficient (Wildman–Crippen LogP) is 2.52. The minimum absolute atomic E-state index is 0.171. The number of hydrogen-bond acceptors (Lipinski definition) is 8. The Kier molecular flexibility index (Phi) is 7.01. The molecule has 1 amide bonds. The van der Waals surface area contributed by atoms with Crippen LogP contribution in [0.4, 0.5) is 4.39 Å². The van der Waals surface area contributed by atoms with Crippen molar-refractivity contribution in [2.24, 2.45) is 0 Å². The summed E-state index contributed by atoms with van der Waals surface area (Å²) in [5.41, 5.74) is 1.18. The number of ether oxygens (including phenoxy) is 4. The van der Waals surface area contributed by atoms with Crippen LogP contribution in [0, 0.1) is 5.82 Å². The molecule has 2 heterocycles. The minimum Gasteiger partial charge on any atom is -0.497 e. The SMILES string of the molecule is COc1ccc(OC)c(-c2nnc3ccc(OCCNC(=O)COc4cccc(F)c4)nn23)c1. The highest BCUT2D eigenvalue weighted by molar-refractivity contribution is 5.77. The summed E-state index contributed by atoms with van der Waals surface area (Å²) in [4.78, 5) is 11.9. The average Bonchev–Trinajstić information content (AvgIpc) is 3.28. The van der Waals surface area contributed by atoms with Crippen molar-refractivity contribution >= 4 is 11.6 Å². The van der Waals surface area contributed by atoms with Crippen LogP contribution in [0.1, 0.15) is 0 Å². The third kappa shape index (κ3) is 5.31. The van der Waals surface area contributed by atoms with Crippen molar-refractivity contribution in [2.75, 3.05) is 34.0 Å². The molecule has 0 saturated heterocycles. The zero-order chi connectivity index (χ0) is 23.9. The van der Waals surface area contributed by atoms with Crippen molar-refractivity contribution in [3.05, 3.63) is 60.4 Å². The molecule has 0 atom stereocenters. The van der Waals surface area contributed by atoms with Gasteiger partial charge in [-0.3, -0.25) is 4.79 Å². The van der Waals surface area contributed by atoms with Crippen LogP contribution in [0.25, 0.3) is 17.0 Å². The van der Waals surface area contributed by atoms with Crippen molar-refractivity contribution in [1.29, 1.82) is 0 Å². The van der Waals surface area contributed by atoms with Gasteiger partial charge in [0.25, 0.3) is 5.91 Å². The first-order chi connectivity index (χ1) is 16.6. The summed E-state index contributed by atoms with van der Waals surface area (Å²) in [5, 5.41) is 15.5. The number of fused-ring (bicyclic) bond motifs is 1. The molecule has 0 saturated carbocycles. The summed E-state index contributed by atoms with van der Waals surface area (Å²) in [6.45, 7) is 0.161. The molecule has 0 fully saturated rings. The zero-order valence-electron chi connectivity index (χ0n) is 18.5. The Morgan fingerprint density at radius 3 is 2.68 bits per heavy atom. The Balaban J connectivity index is 1.36. The van der Waals surface area contributed by atoms with Gasteiger partial charge in [0.15, 0.2) is 18.1 Å². The van der Waals surface area contributed by atoms with E-state index in [0.29, 0.717) is 34.4 Å². The number of halogens is 1. The molecular weight excluding hydrogens is 445 g/mol. The molecule has 10 nitrogen and oxygen atoms in total. The van der Waals surface area contributed by atoms with E-state index in [0.717, 1.165) is 0 Å². The quantitative estimate of drug-likeness (QED) is 0.355. The Hall–Kier alpha value is -4.41. The van der Waals surface area contributed by atoms with Crippen LogP contribution in [0.5, 0.6) is 23.1 Å². The van der Waals surface area contributed by atoms with Gasteiger partial charge in [-0.05, 0) is 36.4 Å². The lowest BCUT2D eigenvalue weighted by molar-refractivity contribution is -0.123. The van der Waals surface area contributed by atoms with Crippen LogP contribution in [0.3, 0.4) is 0 Å². The normalized spacial score (nSPS) is 10.7. The van der Waals surface area contributed by atoms with Gasteiger partial charge in [0.1, 0.15) is 29.7 Å². The molecule has 11 heteroatoms. The fraction of sp³-hybridized carbons (Fsp3) is 0.217. The summed E-state index contributed by atoms with van der Waals surface area (Å²) >= 11 is 0. The van der Waals surface area contributed by atoms with E-state index in [1.54, 1.807) is 50.6 Å². The van der Waals surface area contributed by atoms with Crippen LogP contribution in [-0.4, -0.2) is 59.7 Å². The van der Waals surface area contributed by atoms with Gasteiger partial charge >= 0.3 is 0 Å². The Morgan fingerprint density at radius 2 is 1.88 bits per heavy atom. The lowest BCUT2D eigenvalue weighted by Gasteiger charge is -2.10. The van der Waals surface area contributed by atoms with Crippen molar-refractivity contribution in [3.63, 3.8) is 0 Å². The first kappa shape index (κ1) is 22.8. The van der Waals surface area contributed by atoms with E-state index in [1.807, 2.05) is 0 Å². The lowest BCUT2D eigenvalue weighted by atomic mass is 10.2. The second-order valence-electron chi connectivity index (χ2n) is 6.98. The third-order valence-corrected chi connectivity index (χ3v) is 4.73. The second-order valence-corrected chi connectivity index (χ2v) is 6.98. The molecule has 4 aromatic rings. The number of benzene rings is 2. The first-order valence-corrected chi connectivity index (χ1v) is 10.3. The molecule has 4 rings (SSSR count). The van der Waals surface area contributed by atoms with Gasteiger partial charge in [-0.2, -0.15) is 4.52 Å². The van der Waals surface area contributed by atoms with Crippen molar-refractivity contribution in [2.45, 2.75) is 0 Å². The van der Waals surface area contributed by atoms with Gasteiger partial charge in [0, 0.05) is 12.1 Å². The molecule has 2 aromatic heterocycles. The number of carbonyl (C=O) groups is 1. The fourth-order valence-corrected chi connectivity index (χ4v) is 3.11. The topological polar surface area (TPSA) is 109 Å². The molecule has 1 N–H and O–H groups in total. The van der Waals surface area contributed by atoms with E-state index in [2.05, 4.69) is 20.6 Å². The van der Waals surface area contributed by atoms with E-state index in [4.69, 9.17) is 18.9 Å². The van der Waals surface area contributed by atoms with Gasteiger partial charge in [-0.1, -0.05) is 6.07 Å². The van der Waals surface area contributed by atoms with Gasteiger partial charge in [-0.25, -0.2) is 4.39 Å². The van der Waals surface area contributed by atoms with E-state index >= 15 is 0 Å². The van der Waals surface area contributed by atoms with Crippen LogP contribution >= 0.6 is 0 Å².